The first-order valence-corrected chi connectivity index (χ1v) is 4.54. The van der Waals surface area contributed by atoms with E-state index in [9.17, 15) is 14.7 Å². The zero-order chi connectivity index (χ0) is 10.1. The Labute approximate surface area is 105 Å². The van der Waals surface area contributed by atoms with Crippen molar-refractivity contribution in [2.45, 2.75) is 44.9 Å². The van der Waals surface area contributed by atoms with E-state index in [1.807, 2.05) is 0 Å². The summed E-state index contributed by atoms with van der Waals surface area (Å²) in [4.78, 5) is 20.1. The van der Waals surface area contributed by atoms with Crippen molar-refractivity contribution in [2.24, 2.45) is 0 Å². The van der Waals surface area contributed by atoms with Gasteiger partial charge in [-0.3, -0.25) is 4.79 Å². The quantitative estimate of drug-likeness (QED) is 0.464. The molecular weight excluding hydrogens is 212 g/mol. The van der Waals surface area contributed by atoms with Gasteiger partial charge in [0, 0.05) is 12.4 Å². The minimum Gasteiger partial charge on any atom is -0.870 e. The summed E-state index contributed by atoms with van der Waals surface area (Å²) in [6, 6.07) is 0. The third kappa shape index (κ3) is 19.9. The molecule has 84 valence electrons. The van der Waals surface area contributed by atoms with Gasteiger partial charge in [-0.1, -0.05) is 19.3 Å². The van der Waals surface area contributed by atoms with Crippen LogP contribution in [0.2, 0.25) is 0 Å². The molecular formula is C9H16MgO5. The molecule has 0 heterocycles. The number of rotatable bonds is 8. The monoisotopic (exact) mass is 228 g/mol. The summed E-state index contributed by atoms with van der Waals surface area (Å²) in [6.07, 6.45) is 4.24. The predicted octanol–water partition coefficient (Wildman–Crippen LogP) is -0.00600. The van der Waals surface area contributed by atoms with Gasteiger partial charge in [0.15, 0.2) is 0 Å². The third-order valence-electron chi connectivity index (χ3n) is 1.77. The molecule has 0 saturated heterocycles. The van der Waals surface area contributed by atoms with Gasteiger partial charge in [-0.15, -0.1) is 0 Å². The van der Waals surface area contributed by atoms with Crippen LogP contribution in [0.15, 0.2) is 0 Å². The average Bonchev–Trinajstić information content (AvgIpc) is 2.01. The number of unbranched alkanes of at least 4 members (excludes halogenated alkanes) is 4. The summed E-state index contributed by atoms with van der Waals surface area (Å²) in [6.45, 7) is 0. The topological polar surface area (TPSA) is 107 Å². The minimum atomic E-state index is -1.01. The molecule has 5 nitrogen and oxygen atoms in total. The molecule has 0 aliphatic rings. The summed E-state index contributed by atoms with van der Waals surface area (Å²) >= 11 is 0. The van der Waals surface area contributed by atoms with Crippen LogP contribution in [0.25, 0.3) is 0 Å². The van der Waals surface area contributed by atoms with Crippen LogP contribution >= 0.6 is 0 Å². The number of carboxylic acid groups (broad SMARTS) is 2. The van der Waals surface area contributed by atoms with Crippen molar-refractivity contribution in [2.75, 3.05) is 0 Å². The molecule has 2 N–H and O–H groups in total. The van der Waals surface area contributed by atoms with Crippen LogP contribution in [0.4, 0.5) is 0 Å². The number of carbonyl (C=O) groups is 2. The van der Waals surface area contributed by atoms with E-state index in [1.165, 1.54) is 0 Å². The summed E-state index contributed by atoms with van der Waals surface area (Å²) in [5.41, 5.74) is 0. The molecule has 0 radical (unpaired) electrons. The average molecular weight is 229 g/mol. The van der Waals surface area contributed by atoms with Crippen LogP contribution in [0.5, 0.6) is 0 Å². The Morgan fingerprint density at radius 1 is 0.933 bits per heavy atom. The molecule has 0 rings (SSSR count). The molecule has 0 atom stereocenters. The Kier molecular flexibility index (Phi) is 18.3. The van der Waals surface area contributed by atoms with Crippen LogP contribution in [-0.2, 0) is 9.59 Å². The molecule has 0 aliphatic heterocycles. The van der Waals surface area contributed by atoms with Gasteiger partial charge in [-0.25, -0.2) is 0 Å². The molecule has 15 heavy (non-hydrogen) atoms. The zero-order valence-corrected chi connectivity index (χ0v) is 10.2. The first-order valence-electron chi connectivity index (χ1n) is 4.54. The predicted molar refractivity (Wildman–Crippen MR) is 52.7 cm³/mol. The Bertz CT molecular complexity index is 154. The van der Waals surface area contributed by atoms with E-state index in [-0.39, 0.29) is 41.4 Å². The second-order valence-corrected chi connectivity index (χ2v) is 3.03. The fraction of sp³-hybridized carbons (Fsp3) is 0.778. The maximum absolute atomic E-state index is 10.1. The van der Waals surface area contributed by atoms with Crippen molar-refractivity contribution >= 4 is 35.0 Å². The van der Waals surface area contributed by atoms with Crippen molar-refractivity contribution in [3.8, 4) is 0 Å². The van der Waals surface area contributed by atoms with Gasteiger partial charge in [-0.05, 0) is 19.3 Å². The van der Waals surface area contributed by atoms with Crippen molar-refractivity contribution in [1.82, 2.24) is 0 Å². The summed E-state index contributed by atoms with van der Waals surface area (Å²) in [5.74, 6) is -1.78. The summed E-state index contributed by atoms with van der Waals surface area (Å²) < 4.78 is 0. The fourth-order valence-corrected chi connectivity index (χ4v) is 1.08. The fourth-order valence-electron chi connectivity index (χ4n) is 1.08. The van der Waals surface area contributed by atoms with Crippen LogP contribution in [0, 0.1) is 0 Å². The Morgan fingerprint density at radius 3 is 1.73 bits per heavy atom. The largest absolute Gasteiger partial charge is 2.00 e. The molecule has 0 bridgehead atoms. The van der Waals surface area contributed by atoms with Gasteiger partial charge in [-0.2, -0.15) is 0 Å². The summed E-state index contributed by atoms with van der Waals surface area (Å²) in [7, 11) is 0. The van der Waals surface area contributed by atoms with Crippen molar-refractivity contribution < 1.29 is 25.3 Å². The van der Waals surface area contributed by atoms with Gasteiger partial charge >= 0.3 is 29.0 Å². The number of aliphatic carboxylic acids is 2. The van der Waals surface area contributed by atoms with Crippen LogP contribution in [-0.4, -0.2) is 45.6 Å². The normalized spacial score (nSPS) is 8.53. The molecule has 0 saturated carbocycles. The van der Waals surface area contributed by atoms with Crippen LogP contribution in [0.1, 0.15) is 44.9 Å². The number of carbonyl (C=O) groups excluding carboxylic acids is 1. The number of hydrogen-bond acceptors (Lipinski definition) is 4. The van der Waals surface area contributed by atoms with Crippen LogP contribution < -0.4 is 5.11 Å². The Balaban J connectivity index is -0.000000720. The second-order valence-electron chi connectivity index (χ2n) is 3.03. The van der Waals surface area contributed by atoms with Crippen molar-refractivity contribution in [1.29, 1.82) is 0 Å². The zero-order valence-electron chi connectivity index (χ0n) is 8.78. The Morgan fingerprint density at radius 2 is 1.33 bits per heavy atom. The van der Waals surface area contributed by atoms with Gasteiger partial charge in [0.05, 0.1) is 0 Å². The molecule has 0 aromatic carbocycles. The molecule has 0 spiro atoms. The molecule has 0 amide bonds. The Hall–Kier alpha value is -0.334. The van der Waals surface area contributed by atoms with Crippen molar-refractivity contribution in [3.05, 3.63) is 0 Å². The first-order chi connectivity index (χ1) is 6.13. The first kappa shape index (κ1) is 20.1. The molecule has 0 aliphatic carbocycles. The number of carboxylic acids is 2. The SMILES string of the molecule is O=C([O-])CCCCCCCC(=O)O.[Mg+2].[OH-]. The van der Waals surface area contributed by atoms with Gasteiger partial charge in [0.1, 0.15) is 0 Å². The molecule has 0 unspecified atom stereocenters. The maximum Gasteiger partial charge on any atom is 2.00 e. The second kappa shape index (κ2) is 13.7. The standard InChI is InChI=1S/C9H16O4.Mg.H2O/c10-8(11)6-4-2-1-3-5-7-9(12)13;;/h1-7H2,(H,10,11)(H,12,13);;1H2/q;+2;/p-2. The van der Waals surface area contributed by atoms with E-state index in [0.29, 0.717) is 12.8 Å². The van der Waals surface area contributed by atoms with Crippen LogP contribution in [0.3, 0.4) is 0 Å². The van der Waals surface area contributed by atoms with Crippen molar-refractivity contribution in [3.63, 3.8) is 0 Å². The maximum atomic E-state index is 10.1. The van der Waals surface area contributed by atoms with Gasteiger partial charge in [0.2, 0.25) is 0 Å². The van der Waals surface area contributed by atoms with E-state index in [1.54, 1.807) is 0 Å². The third-order valence-corrected chi connectivity index (χ3v) is 1.77. The van der Waals surface area contributed by atoms with E-state index in [0.717, 1.165) is 19.3 Å². The number of hydrogen-bond donors (Lipinski definition) is 1. The summed E-state index contributed by atoms with van der Waals surface area (Å²) in [5, 5.41) is 18.3. The molecule has 0 fully saturated rings. The van der Waals surface area contributed by atoms with E-state index < -0.39 is 11.9 Å². The van der Waals surface area contributed by atoms with E-state index >= 15 is 0 Å². The molecule has 0 aromatic rings. The van der Waals surface area contributed by atoms with Gasteiger partial charge < -0.3 is 20.5 Å². The molecule has 0 aromatic heterocycles. The smallest absolute Gasteiger partial charge is 0.870 e. The van der Waals surface area contributed by atoms with Gasteiger partial charge in [0.25, 0.3) is 0 Å². The van der Waals surface area contributed by atoms with E-state index in [4.69, 9.17) is 5.11 Å². The van der Waals surface area contributed by atoms with E-state index in [2.05, 4.69) is 0 Å². The minimum absolute atomic E-state index is 0. The molecule has 6 heteroatoms.